The first kappa shape index (κ1) is 39.4. The van der Waals surface area contributed by atoms with Crippen molar-refractivity contribution in [3.8, 4) is 0 Å². The van der Waals surface area contributed by atoms with Crippen LogP contribution < -0.4 is 0 Å². The first-order valence-electron chi connectivity index (χ1n) is 16.2. The molecule has 0 aromatic rings. The molecule has 0 aliphatic heterocycles. The Morgan fingerprint density at radius 1 is 1.02 bits per heavy atom. The molecule has 3 aliphatic rings. The van der Waals surface area contributed by atoms with Gasteiger partial charge in [0.2, 0.25) is 0 Å². The molecular formula is C34H55NO8S2. The number of carbonyl (C=O) groups excluding carboxylic acids is 2. The summed E-state index contributed by atoms with van der Waals surface area (Å²) in [6.07, 6.45) is 5.77. The van der Waals surface area contributed by atoms with Crippen LogP contribution in [0.4, 0.5) is 0 Å². The van der Waals surface area contributed by atoms with Crippen molar-refractivity contribution in [1.82, 2.24) is 4.90 Å². The number of aliphatic hydroxyl groups excluding tert-OH is 1. The van der Waals surface area contributed by atoms with Crippen LogP contribution >= 0.6 is 23.5 Å². The van der Waals surface area contributed by atoms with E-state index in [0.717, 1.165) is 56.2 Å². The summed E-state index contributed by atoms with van der Waals surface area (Å²) in [7, 11) is 0. The number of nitrogens with zero attached hydrogens (tertiary/aromatic N) is 1. The van der Waals surface area contributed by atoms with E-state index < -0.39 is 35.0 Å². The zero-order chi connectivity index (χ0) is 34.0. The maximum Gasteiger partial charge on any atom is 0.328 e. The van der Waals surface area contributed by atoms with E-state index in [1.54, 1.807) is 11.8 Å². The molecule has 0 amide bonds. The molecular weight excluding hydrogens is 615 g/mol. The third-order valence-electron chi connectivity index (χ3n) is 11.0. The Morgan fingerprint density at radius 2 is 1.62 bits per heavy atom. The molecule has 0 radical (unpaired) electrons. The molecule has 9 nitrogen and oxygen atoms in total. The highest BCUT2D eigenvalue weighted by Gasteiger charge is 2.68. The first-order valence-corrected chi connectivity index (χ1v) is 18.5. The molecule has 0 unspecified atom stereocenters. The second-order valence-electron chi connectivity index (χ2n) is 13.3. The van der Waals surface area contributed by atoms with Crippen LogP contribution in [0.2, 0.25) is 0 Å². The molecule has 11 heteroatoms. The highest BCUT2D eigenvalue weighted by molar-refractivity contribution is 8.03. The number of hydrogen-bond acceptors (Lipinski definition) is 9. The fraction of sp³-hybridized carbons (Fsp3) is 0.765. The Hall–Kier alpha value is -1.82. The van der Waals surface area contributed by atoms with E-state index in [1.807, 2.05) is 24.8 Å². The Kier molecular flexibility index (Phi) is 15.2. The molecule has 0 spiro atoms. The summed E-state index contributed by atoms with van der Waals surface area (Å²) in [6, 6.07) is 0. The van der Waals surface area contributed by atoms with Crippen LogP contribution in [-0.2, 0) is 23.9 Å². The topological polar surface area (TPSA) is 141 Å². The van der Waals surface area contributed by atoms with Crippen LogP contribution in [0, 0.1) is 34.0 Å². The third-order valence-corrected chi connectivity index (χ3v) is 13.1. The number of thioether (sulfide) groups is 2. The molecule has 3 N–H and O–H groups in total. The van der Waals surface area contributed by atoms with Crippen molar-refractivity contribution in [1.29, 1.82) is 0 Å². The number of ether oxygens (including phenoxy) is 1. The van der Waals surface area contributed by atoms with Crippen LogP contribution in [0.15, 0.2) is 24.8 Å². The van der Waals surface area contributed by atoms with Crippen LogP contribution in [0.25, 0.3) is 0 Å². The average molecular weight is 670 g/mol. The molecule has 0 heterocycles. The summed E-state index contributed by atoms with van der Waals surface area (Å²) < 4.78 is 6.32. The molecule has 8 atom stereocenters. The lowest BCUT2D eigenvalue weighted by Gasteiger charge is -2.61. The normalized spacial score (nSPS) is 34.3. The maximum atomic E-state index is 13.5. The highest BCUT2D eigenvalue weighted by atomic mass is 32.2. The minimum atomic E-state index is -1.26. The Labute approximate surface area is 278 Å². The third kappa shape index (κ3) is 9.39. The van der Waals surface area contributed by atoms with Crippen LogP contribution in [-0.4, -0.2) is 98.8 Å². The van der Waals surface area contributed by atoms with Crippen LogP contribution in [0.5, 0.6) is 0 Å². The van der Waals surface area contributed by atoms with Crippen molar-refractivity contribution < 1.29 is 39.2 Å². The van der Waals surface area contributed by atoms with Gasteiger partial charge in [0.15, 0.2) is 0 Å². The molecule has 3 rings (SSSR count). The second kappa shape index (κ2) is 17.4. The molecule has 3 saturated carbocycles. The van der Waals surface area contributed by atoms with Gasteiger partial charge < -0.3 is 25.0 Å². The molecule has 0 aromatic carbocycles. The lowest BCUT2D eigenvalue weighted by molar-refractivity contribution is -0.205. The molecule has 2 bridgehead atoms. The Morgan fingerprint density at radius 3 is 2.18 bits per heavy atom. The van der Waals surface area contributed by atoms with Gasteiger partial charge in [-0.05, 0) is 56.0 Å². The summed E-state index contributed by atoms with van der Waals surface area (Å²) in [6.45, 7) is 20.4. The summed E-state index contributed by atoms with van der Waals surface area (Å²) in [5, 5.41) is 27.2. The van der Waals surface area contributed by atoms with Gasteiger partial charge in [-0.15, -0.1) is 18.3 Å². The molecule has 0 saturated heterocycles. The van der Waals surface area contributed by atoms with E-state index >= 15 is 0 Å². The molecule has 3 aliphatic carbocycles. The van der Waals surface area contributed by atoms with E-state index in [1.165, 1.54) is 0 Å². The number of carbonyl (C=O) groups is 4. The first-order chi connectivity index (χ1) is 21.1. The minimum Gasteiger partial charge on any atom is -0.478 e. The van der Waals surface area contributed by atoms with Gasteiger partial charge in [0, 0.05) is 59.1 Å². The predicted molar refractivity (Wildman–Crippen MR) is 181 cm³/mol. The predicted octanol–water partition coefficient (Wildman–Crippen LogP) is 5.41. The van der Waals surface area contributed by atoms with Crippen molar-refractivity contribution >= 4 is 47.2 Å². The number of ketones is 1. The van der Waals surface area contributed by atoms with Gasteiger partial charge >= 0.3 is 17.9 Å². The van der Waals surface area contributed by atoms with Crippen molar-refractivity contribution in [2.45, 2.75) is 85.9 Å². The zero-order valence-electron chi connectivity index (χ0n) is 28.0. The van der Waals surface area contributed by atoms with Crippen molar-refractivity contribution in [2.24, 2.45) is 34.0 Å². The number of hydrogen-bond donors (Lipinski definition) is 3. The minimum absolute atomic E-state index is 0.00906. The van der Waals surface area contributed by atoms with E-state index in [-0.39, 0.29) is 29.1 Å². The van der Waals surface area contributed by atoms with Gasteiger partial charge in [0.05, 0.1) is 11.9 Å². The SMILES string of the molecule is C=C[C@]1(C)C[C@@H](OC(=O)CSCCSCCN(CC)CC)[C@]2(C)[C@H](C)CC[C@]3(CCC(=O)[C@H]32)[C@@H](C)[C@@H]1O.O=C(O)/C=C/C(=O)O. The van der Waals surface area contributed by atoms with Gasteiger partial charge in [-0.2, -0.15) is 11.8 Å². The smallest absolute Gasteiger partial charge is 0.328 e. The summed E-state index contributed by atoms with van der Waals surface area (Å²) in [5.41, 5.74) is -1.25. The van der Waals surface area contributed by atoms with Crippen molar-refractivity contribution in [3.63, 3.8) is 0 Å². The number of Topliss-reactive ketones (excluding diaryl/α,β-unsaturated/α-hetero) is 1. The largest absolute Gasteiger partial charge is 0.478 e. The summed E-state index contributed by atoms with van der Waals surface area (Å²) in [5.74, 6) is 1.04. The van der Waals surface area contributed by atoms with E-state index in [2.05, 4.69) is 46.1 Å². The second-order valence-corrected chi connectivity index (χ2v) is 15.6. The highest BCUT2D eigenvalue weighted by Crippen LogP contribution is 2.68. The molecule has 45 heavy (non-hydrogen) atoms. The fourth-order valence-electron chi connectivity index (χ4n) is 7.95. The number of rotatable bonds is 14. The van der Waals surface area contributed by atoms with Gasteiger partial charge in [-0.25, -0.2) is 9.59 Å². The monoisotopic (exact) mass is 669 g/mol. The average Bonchev–Trinajstić information content (AvgIpc) is 3.36. The lowest BCUT2D eigenvalue weighted by Crippen LogP contribution is -2.63. The Balaban J connectivity index is 0.000000777. The standard InChI is InChI=1S/C30H51NO4S2.C4H4O4/c1-8-28(6)19-24(35-25(33)20-37-18-17-36-16-15-31(9-2)10-3)29(7)21(4)11-13-30(22(5)27(28)34)14-12-23(32)26(29)30;5-3(6)1-2-4(7)8/h8,21-22,24,26-27,34H,1,9-20H2,2-7H3;1-2H,(H,5,6)(H,7,8)/b;2-1+/t21-,22+,24-,26+,27+,28-,29+,30+;/m1./s1. The van der Waals surface area contributed by atoms with Crippen molar-refractivity contribution in [3.05, 3.63) is 24.8 Å². The summed E-state index contributed by atoms with van der Waals surface area (Å²) >= 11 is 3.57. The van der Waals surface area contributed by atoms with Crippen LogP contribution in [0.3, 0.4) is 0 Å². The number of aliphatic carboxylic acids is 2. The zero-order valence-corrected chi connectivity index (χ0v) is 29.6. The van der Waals surface area contributed by atoms with E-state index in [9.17, 15) is 24.3 Å². The number of esters is 1. The van der Waals surface area contributed by atoms with E-state index in [4.69, 9.17) is 14.9 Å². The molecule has 256 valence electrons. The van der Waals surface area contributed by atoms with Crippen molar-refractivity contribution in [2.75, 3.05) is 42.6 Å². The van der Waals surface area contributed by atoms with Gasteiger partial charge in [-0.3, -0.25) is 9.59 Å². The fourth-order valence-corrected chi connectivity index (χ4v) is 9.86. The molecule has 3 fully saturated rings. The van der Waals surface area contributed by atoms with Gasteiger partial charge in [0.25, 0.3) is 0 Å². The molecule has 0 aromatic heterocycles. The number of carboxylic acid groups (broad SMARTS) is 2. The lowest BCUT2D eigenvalue weighted by atomic mass is 9.44. The van der Waals surface area contributed by atoms with E-state index in [0.29, 0.717) is 36.5 Å². The maximum absolute atomic E-state index is 13.5. The summed E-state index contributed by atoms with van der Waals surface area (Å²) in [4.78, 5) is 48.2. The quantitative estimate of drug-likeness (QED) is 0.0946. The number of aliphatic hydroxyl groups is 1. The van der Waals surface area contributed by atoms with Gasteiger partial charge in [0.1, 0.15) is 11.9 Å². The van der Waals surface area contributed by atoms with Crippen LogP contribution in [0.1, 0.15) is 73.6 Å². The Bertz CT molecular complexity index is 1060. The van der Waals surface area contributed by atoms with Gasteiger partial charge in [-0.1, -0.05) is 47.6 Å². The number of carboxylic acids is 2.